The molecule has 1 aromatic rings. The molecule has 0 saturated heterocycles. The zero-order valence-electron chi connectivity index (χ0n) is 10.2. The van der Waals surface area contributed by atoms with Crippen LogP contribution in [0, 0.1) is 12.3 Å². The number of alkyl halides is 3. The number of carbonyl (C=O) groups is 1. The van der Waals surface area contributed by atoms with E-state index in [9.17, 15) is 18.0 Å². The van der Waals surface area contributed by atoms with Crippen molar-refractivity contribution in [2.45, 2.75) is 25.6 Å². The van der Waals surface area contributed by atoms with Crippen LogP contribution in [0.3, 0.4) is 0 Å². The van der Waals surface area contributed by atoms with Crippen molar-refractivity contribution >= 4 is 11.7 Å². The van der Waals surface area contributed by atoms with Gasteiger partial charge in [0.05, 0.1) is 11.6 Å². The Labute approximate surface area is 109 Å². The number of carbonyl (C=O) groups excluding carboxylic acids is 1. The van der Waals surface area contributed by atoms with Crippen LogP contribution in [0.15, 0.2) is 24.3 Å². The summed E-state index contributed by atoms with van der Waals surface area (Å²) < 4.78 is 37.4. The Morgan fingerprint density at radius 3 is 2.68 bits per heavy atom. The molecule has 19 heavy (non-hydrogen) atoms. The largest absolute Gasteiger partial charge is 0.416 e. The molecule has 1 atom stereocenters. The number of halogens is 3. The number of amides is 2. The quantitative estimate of drug-likeness (QED) is 0.813. The van der Waals surface area contributed by atoms with Gasteiger partial charge in [0.25, 0.3) is 0 Å². The first-order valence-corrected chi connectivity index (χ1v) is 5.57. The van der Waals surface area contributed by atoms with E-state index in [4.69, 9.17) is 6.42 Å². The monoisotopic (exact) mass is 270 g/mol. The van der Waals surface area contributed by atoms with Crippen LogP contribution in [-0.4, -0.2) is 12.1 Å². The van der Waals surface area contributed by atoms with Crippen molar-refractivity contribution < 1.29 is 18.0 Å². The number of hydrogen-bond acceptors (Lipinski definition) is 1. The third kappa shape index (κ3) is 4.54. The summed E-state index contributed by atoms with van der Waals surface area (Å²) in [6.45, 7) is 1.79. The van der Waals surface area contributed by atoms with Crippen molar-refractivity contribution in [1.29, 1.82) is 0 Å². The SMILES string of the molecule is C#CC(CC)NC(=O)Nc1cccc(C(F)(F)F)c1. The molecule has 0 heterocycles. The summed E-state index contributed by atoms with van der Waals surface area (Å²) in [6, 6.07) is 3.29. The Morgan fingerprint density at radius 1 is 1.47 bits per heavy atom. The number of hydrogen-bond donors (Lipinski definition) is 2. The topological polar surface area (TPSA) is 41.1 Å². The van der Waals surface area contributed by atoms with Gasteiger partial charge in [0, 0.05) is 5.69 Å². The molecule has 2 amide bonds. The number of terminal acetylenes is 1. The molecule has 0 saturated carbocycles. The maximum atomic E-state index is 12.5. The van der Waals surface area contributed by atoms with Gasteiger partial charge >= 0.3 is 12.2 Å². The lowest BCUT2D eigenvalue weighted by molar-refractivity contribution is -0.137. The van der Waals surface area contributed by atoms with Crippen molar-refractivity contribution in [3.05, 3.63) is 29.8 Å². The number of urea groups is 1. The second-order valence-corrected chi connectivity index (χ2v) is 3.80. The standard InChI is InChI=1S/C13H13F3N2O/c1-3-10(4-2)17-12(19)18-11-7-5-6-9(8-11)13(14,15)16/h1,5-8,10H,4H2,2H3,(H2,17,18,19). The van der Waals surface area contributed by atoms with Gasteiger partial charge < -0.3 is 10.6 Å². The summed E-state index contributed by atoms with van der Waals surface area (Å²) in [5.74, 6) is 2.35. The maximum absolute atomic E-state index is 12.5. The first-order chi connectivity index (χ1) is 8.86. The fourth-order valence-corrected chi connectivity index (χ4v) is 1.36. The van der Waals surface area contributed by atoms with Gasteiger partial charge in [-0.15, -0.1) is 6.42 Å². The van der Waals surface area contributed by atoms with Crippen molar-refractivity contribution in [3.63, 3.8) is 0 Å². The lowest BCUT2D eigenvalue weighted by Crippen LogP contribution is -2.36. The van der Waals surface area contributed by atoms with Crippen LogP contribution in [0.5, 0.6) is 0 Å². The first-order valence-electron chi connectivity index (χ1n) is 5.57. The van der Waals surface area contributed by atoms with Crippen LogP contribution >= 0.6 is 0 Å². The predicted octanol–water partition coefficient (Wildman–Crippen LogP) is 3.24. The molecule has 1 aromatic carbocycles. The van der Waals surface area contributed by atoms with Gasteiger partial charge in [-0.25, -0.2) is 4.79 Å². The van der Waals surface area contributed by atoms with Crippen LogP contribution in [0.1, 0.15) is 18.9 Å². The van der Waals surface area contributed by atoms with E-state index in [2.05, 4.69) is 16.6 Å². The molecular formula is C13H13F3N2O. The molecule has 0 spiro atoms. The molecular weight excluding hydrogens is 257 g/mol. The molecule has 0 aliphatic heterocycles. The minimum atomic E-state index is -4.45. The van der Waals surface area contributed by atoms with Gasteiger partial charge in [-0.05, 0) is 24.6 Å². The molecule has 1 unspecified atom stereocenters. The third-order valence-electron chi connectivity index (χ3n) is 2.36. The van der Waals surface area contributed by atoms with Crippen LogP contribution in [0.25, 0.3) is 0 Å². The summed E-state index contributed by atoms with van der Waals surface area (Å²) in [6.07, 6.45) is 1.25. The number of benzene rings is 1. The van der Waals surface area contributed by atoms with E-state index in [-0.39, 0.29) is 5.69 Å². The van der Waals surface area contributed by atoms with E-state index >= 15 is 0 Å². The summed E-state index contributed by atoms with van der Waals surface area (Å²) in [5, 5.41) is 4.76. The molecule has 0 fully saturated rings. The zero-order chi connectivity index (χ0) is 14.5. The van der Waals surface area contributed by atoms with E-state index < -0.39 is 23.8 Å². The summed E-state index contributed by atoms with van der Waals surface area (Å²) in [5.41, 5.74) is -0.770. The maximum Gasteiger partial charge on any atom is 0.416 e. The summed E-state index contributed by atoms with van der Waals surface area (Å²) in [7, 11) is 0. The van der Waals surface area contributed by atoms with Gasteiger partial charge in [0.15, 0.2) is 0 Å². The molecule has 0 aliphatic rings. The fourth-order valence-electron chi connectivity index (χ4n) is 1.36. The molecule has 1 rings (SSSR count). The Bertz CT molecular complexity index is 491. The Morgan fingerprint density at radius 2 is 2.16 bits per heavy atom. The highest BCUT2D eigenvalue weighted by Gasteiger charge is 2.30. The van der Waals surface area contributed by atoms with Crippen molar-refractivity contribution in [2.24, 2.45) is 0 Å². The van der Waals surface area contributed by atoms with Gasteiger partial charge in [0.2, 0.25) is 0 Å². The highest BCUT2D eigenvalue weighted by Crippen LogP contribution is 2.30. The lowest BCUT2D eigenvalue weighted by atomic mass is 10.2. The van der Waals surface area contributed by atoms with Crippen molar-refractivity contribution in [3.8, 4) is 12.3 Å². The minimum Gasteiger partial charge on any atom is -0.324 e. The second kappa shape index (κ2) is 6.14. The first kappa shape index (κ1) is 14.9. The van der Waals surface area contributed by atoms with Gasteiger partial charge in [-0.2, -0.15) is 13.2 Å². The van der Waals surface area contributed by atoms with Crippen LogP contribution < -0.4 is 10.6 Å². The highest BCUT2D eigenvalue weighted by atomic mass is 19.4. The average molecular weight is 270 g/mol. The highest BCUT2D eigenvalue weighted by molar-refractivity contribution is 5.89. The zero-order valence-corrected chi connectivity index (χ0v) is 10.2. The van der Waals surface area contributed by atoms with Gasteiger partial charge in [0.1, 0.15) is 0 Å². The summed E-state index contributed by atoms with van der Waals surface area (Å²) >= 11 is 0. The van der Waals surface area contributed by atoms with Crippen molar-refractivity contribution in [2.75, 3.05) is 5.32 Å². The lowest BCUT2D eigenvalue weighted by Gasteiger charge is -2.13. The third-order valence-corrected chi connectivity index (χ3v) is 2.36. The molecule has 0 aromatic heterocycles. The van der Waals surface area contributed by atoms with Crippen LogP contribution in [0.2, 0.25) is 0 Å². The Hall–Kier alpha value is -2.16. The molecule has 6 heteroatoms. The average Bonchev–Trinajstić information content (AvgIpc) is 2.35. The number of nitrogens with one attached hydrogen (secondary N) is 2. The Kier molecular flexibility index (Phi) is 4.81. The van der Waals surface area contributed by atoms with Crippen LogP contribution in [0.4, 0.5) is 23.7 Å². The van der Waals surface area contributed by atoms with E-state index in [0.717, 1.165) is 12.1 Å². The van der Waals surface area contributed by atoms with E-state index in [0.29, 0.717) is 6.42 Å². The van der Waals surface area contributed by atoms with Gasteiger partial charge in [-0.3, -0.25) is 0 Å². The van der Waals surface area contributed by atoms with Crippen LogP contribution in [-0.2, 0) is 6.18 Å². The molecule has 2 N–H and O–H groups in total. The molecule has 102 valence electrons. The smallest absolute Gasteiger partial charge is 0.324 e. The fraction of sp³-hybridized carbons (Fsp3) is 0.308. The Balaban J connectivity index is 2.73. The van der Waals surface area contributed by atoms with Crippen molar-refractivity contribution in [1.82, 2.24) is 5.32 Å². The second-order valence-electron chi connectivity index (χ2n) is 3.80. The number of anilines is 1. The molecule has 0 aliphatic carbocycles. The van der Waals surface area contributed by atoms with E-state index in [1.807, 2.05) is 0 Å². The molecule has 0 bridgehead atoms. The van der Waals surface area contributed by atoms with E-state index in [1.165, 1.54) is 12.1 Å². The molecule has 0 radical (unpaired) electrons. The van der Waals surface area contributed by atoms with Gasteiger partial charge in [-0.1, -0.05) is 18.9 Å². The number of rotatable bonds is 3. The minimum absolute atomic E-state index is 0.0548. The molecule has 3 nitrogen and oxygen atoms in total. The van der Waals surface area contributed by atoms with E-state index in [1.54, 1.807) is 6.92 Å². The summed E-state index contributed by atoms with van der Waals surface area (Å²) in [4.78, 5) is 11.5. The predicted molar refractivity (Wildman–Crippen MR) is 66.5 cm³/mol. The normalized spacial score (nSPS) is 12.4.